The van der Waals surface area contributed by atoms with E-state index >= 15 is 0 Å². The molecular formula is C13H20F3N5O4S. The summed E-state index contributed by atoms with van der Waals surface area (Å²) in [5.41, 5.74) is 1.000. The van der Waals surface area contributed by atoms with Gasteiger partial charge < -0.3 is 10.0 Å². The van der Waals surface area contributed by atoms with Crippen LogP contribution in [0.4, 0.5) is 19.0 Å². The van der Waals surface area contributed by atoms with Gasteiger partial charge in [0.2, 0.25) is 0 Å². The molecule has 1 aliphatic heterocycles. The number of rotatable bonds is 4. The third-order valence-electron chi connectivity index (χ3n) is 3.29. The molecule has 1 aromatic rings. The largest absolute Gasteiger partial charge is 0.490 e. The number of carboxylic acids is 1. The van der Waals surface area contributed by atoms with Crippen molar-refractivity contribution in [2.75, 3.05) is 32.1 Å². The summed E-state index contributed by atoms with van der Waals surface area (Å²) in [6.07, 6.45) is -3.30. The minimum absolute atomic E-state index is 0.0675. The molecule has 0 saturated carbocycles. The van der Waals surface area contributed by atoms with Crippen molar-refractivity contribution in [1.29, 1.82) is 0 Å². The molecule has 1 aliphatic rings. The van der Waals surface area contributed by atoms with Gasteiger partial charge in [-0.2, -0.15) is 30.6 Å². The van der Waals surface area contributed by atoms with Crippen LogP contribution in [0.15, 0.2) is 6.20 Å². The first-order chi connectivity index (χ1) is 11.7. The Bertz CT molecular complexity index is 749. The molecule has 0 atom stereocenters. The summed E-state index contributed by atoms with van der Waals surface area (Å²) in [5.74, 6) is -1.15. The molecule has 0 spiro atoms. The Labute approximate surface area is 149 Å². The Hall–Kier alpha value is -1.99. The van der Waals surface area contributed by atoms with Crippen LogP contribution in [-0.4, -0.2) is 73.2 Å². The lowest BCUT2D eigenvalue weighted by atomic mass is 10.1. The Balaban J connectivity index is 0.000000412. The van der Waals surface area contributed by atoms with E-state index in [4.69, 9.17) is 9.90 Å². The molecule has 0 aliphatic carbocycles. The number of alkyl halides is 3. The second-order valence-corrected chi connectivity index (χ2v) is 7.65. The zero-order valence-electron chi connectivity index (χ0n) is 14.6. The lowest BCUT2D eigenvalue weighted by Gasteiger charge is -2.41. The zero-order valence-corrected chi connectivity index (χ0v) is 15.4. The van der Waals surface area contributed by atoms with E-state index in [1.165, 1.54) is 18.4 Å². The first kappa shape index (κ1) is 22.1. The van der Waals surface area contributed by atoms with Gasteiger partial charge in [-0.3, -0.25) is 0 Å². The minimum Gasteiger partial charge on any atom is -0.475 e. The molecule has 1 fully saturated rings. The van der Waals surface area contributed by atoms with Crippen LogP contribution in [0, 0.1) is 13.8 Å². The monoisotopic (exact) mass is 399 g/mol. The molecule has 0 amide bonds. The summed E-state index contributed by atoms with van der Waals surface area (Å²) in [7, 11) is -0.337. The van der Waals surface area contributed by atoms with Crippen LogP contribution in [0.1, 0.15) is 11.4 Å². The van der Waals surface area contributed by atoms with Crippen molar-refractivity contribution in [2.24, 2.45) is 0 Å². The molecule has 148 valence electrons. The lowest BCUT2D eigenvalue weighted by molar-refractivity contribution is -0.192. The quantitative estimate of drug-likeness (QED) is 0.749. The highest BCUT2D eigenvalue weighted by Crippen LogP contribution is 2.22. The van der Waals surface area contributed by atoms with Crippen LogP contribution < -0.4 is 9.62 Å². The standard InChI is InChI=1S/C11H19N5O2S.C2HF3O2/c1-8-5-12-9(2)13-11(8)16-6-10(7-16)14-19(17,18)15(3)4;3-2(4,5)1(6)7/h5,10,14H,6-7H2,1-4H3;(H,6,7). The molecule has 2 heterocycles. The molecule has 13 heteroatoms. The summed E-state index contributed by atoms with van der Waals surface area (Å²) < 4.78 is 58.9. The second-order valence-electron chi connectivity index (χ2n) is 5.73. The van der Waals surface area contributed by atoms with Gasteiger partial charge >= 0.3 is 12.1 Å². The Morgan fingerprint density at radius 1 is 1.35 bits per heavy atom. The van der Waals surface area contributed by atoms with E-state index in [9.17, 15) is 21.6 Å². The maximum atomic E-state index is 11.7. The normalized spacial score (nSPS) is 15.3. The van der Waals surface area contributed by atoms with Crippen molar-refractivity contribution in [3.8, 4) is 0 Å². The summed E-state index contributed by atoms with van der Waals surface area (Å²) in [4.78, 5) is 19.5. The van der Waals surface area contributed by atoms with Gasteiger partial charge in [0.05, 0.1) is 6.04 Å². The molecule has 26 heavy (non-hydrogen) atoms. The lowest BCUT2D eigenvalue weighted by Crippen LogP contribution is -2.61. The smallest absolute Gasteiger partial charge is 0.475 e. The topological polar surface area (TPSA) is 116 Å². The van der Waals surface area contributed by atoms with Crippen LogP contribution in [0.5, 0.6) is 0 Å². The Kier molecular flexibility index (Phi) is 6.90. The van der Waals surface area contributed by atoms with Crippen molar-refractivity contribution < 1.29 is 31.5 Å². The predicted molar refractivity (Wildman–Crippen MR) is 86.9 cm³/mol. The van der Waals surface area contributed by atoms with Gasteiger partial charge in [0, 0.05) is 38.9 Å². The number of carboxylic acid groups (broad SMARTS) is 1. The van der Waals surface area contributed by atoms with Gasteiger partial charge in [-0.1, -0.05) is 0 Å². The van der Waals surface area contributed by atoms with E-state index in [-0.39, 0.29) is 6.04 Å². The van der Waals surface area contributed by atoms with E-state index in [0.717, 1.165) is 17.2 Å². The Morgan fingerprint density at radius 2 is 1.85 bits per heavy atom. The van der Waals surface area contributed by atoms with Crippen LogP contribution in [0.25, 0.3) is 0 Å². The molecule has 0 bridgehead atoms. The van der Waals surface area contributed by atoms with Crippen molar-refractivity contribution in [2.45, 2.75) is 26.1 Å². The number of nitrogens with zero attached hydrogens (tertiary/aromatic N) is 4. The number of halogens is 3. The van der Waals surface area contributed by atoms with Crippen molar-refractivity contribution >= 4 is 22.0 Å². The predicted octanol–water partition coefficient (Wildman–Crippen LogP) is 0.311. The maximum absolute atomic E-state index is 11.7. The first-order valence-electron chi connectivity index (χ1n) is 7.29. The van der Waals surface area contributed by atoms with Crippen LogP contribution >= 0.6 is 0 Å². The molecule has 0 unspecified atom stereocenters. The van der Waals surface area contributed by atoms with E-state index in [2.05, 4.69) is 14.7 Å². The van der Waals surface area contributed by atoms with E-state index in [0.29, 0.717) is 13.1 Å². The fourth-order valence-electron chi connectivity index (χ4n) is 1.88. The van der Waals surface area contributed by atoms with E-state index < -0.39 is 22.4 Å². The number of carbonyl (C=O) groups is 1. The average Bonchev–Trinajstić information content (AvgIpc) is 2.45. The molecule has 1 saturated heterocycles. The number of aryl methyl sites for hydroxylation is 2. The first-order valence-corrected chi connectivity index (χ1v) is 8.73. The maximum Gasteiger partial charge on any atom is 0.490 e. The van der Waals surface area contributed by atoms with Crippen LogP contribution in [-0.2, 0) is 15.0 Å². The number of aromatic nitrogens is 2. The Morgan fingerprint density at radius 3 is 2.27 bits per heavy atom. The number of hydrogen-bond acceptors (Lipinski definition) is 6. The van der Waals surface area contributed by atoms with Crippen molar-refractivity contribution in [3.63, 3.8) is 0 Å². The third-order valence-corrected chi connectivity index (χ3v) is 4.88. The van der Waals surface area contributed by atoms with Gasteiger partial charge in [0.15, 0.2) is 0 Å². The van der Waals surface area contributed by atoms with Gasteiger partial charge in [-0.05, 0) is 13.8 Å². The van der Waals surface area contributed by atoms with Crippen molar-refractivity contribution in [3.05, 3.63) is 17.6 Å². The highest BCUT2D eigenvalue weighted by atomic mass is 32.2. The highest BCUT2D eigenvalue weighted by Gasteiger charge is 2.38. The molecule has 2 N–H and O–H groups in total. The van der Waals surface area contributed by atoms with Crippen molar-refractivity contribution in [1.82, 2.24) is 19.0 Å². The average molecular weight is 399 g/mol. The molecule has 0 aromatic carbocycles. The summed E-state index contributed by atoms with van der Waals surface area (Å²) in [5, 5.41) is 7.12. The third kappa shape index (κ3) is 6.07. The van der Waals surface area contributed by atoms with Gasteiger partial charge in [-0.25, -0.2) is 14.8 Å². The van der Waals surface area contributed by atoms with Crippen LogP contribution in [0.2, 0.25) is 0 Å². The summed E-state index contributed by atoms with van der Waals surface area (Å²) in [6, 6.07) is -0.0675. The van der Waals surface area contributed by atoms with Gasteiger partial charge in [0.25, 0.3) is 10.2 Å². The summed E-state index contributed by atoms with van der Waals surface area (Å²) >= 11 is 0. The molecule has 9 nitrogen and oxygen atoms in total. The molecule has 2 rings (SSSR count). The number of aliphatic carboxylic acids is 1. The molecule has 1 aromatic heterocycles. The van der Waals surface area contributed by atoms with Crippen LogP contribution in [0.3, 0.4) is 0 Å². The number of anilines is 1. The molecular weight excluding hydrogens is 379 g/mol. The van der Waals surface area contributed by atoms with E-state index in [1.54, 1.807) is 6.20 Å². The fourth-order valence-corrected chi connectivity index (χ4v) is 2.66. The number of hydrogen-bond donors (Lipinski definition) is 2. The fraction of sp³-hybridized carbons (Fsp3) is 0.615. The molecule has 0 radical (unpaired) electrons. The van der Waals surface area contributed by atoms with Gasteiger partial charge in [-0.15, -0.1) is 0 Å². The second kappa shape index (κ2) is 8.14. The SMILES string of the molecule is Cc1ncc(C)c(N2CC(NS(=O)(=O)N(C)C)C2)n1.O=C(O)C(F)(F)F. The highest BCUT2D eigenvalue weighted by molar-refractivity contribution is 7.87. The van der Waals surface area contributed by atoms with E-state index in [1.807, 2.05) is 18.7 Å². The zero-order chi connectivity index (χ0) is 20.3. The number of nitrogens with one attached hydrogen (secondary N) is 1. The summed E-state index contributed by atoms with van der Waals surface area (Å²) in [6.45, 7) is 5.05. The minimum atomic E-state index is -5.08. The van der Waals surface area contributed by atoms with Gasteiger partial charge in [0.1, 0.15) is 11.6 Å².